The smallest absolute Gasteiger partial charge is 0.290 e. The molecule has 6 heteroatoms. The van der Waals surface area contributed by atoms with Crippen LogP contribution >= 0.6 is 11.6 Å². The first kappa shape index (κ1) is 15.0. The molecule has 0 bridgehead atoms. The van der Waals surface area contributed by atoms with Gasteiger partial charge in [-0.3, -0.25) is 4.79 Å². The van der Waals surface area contributed by atoms with Crippen LogP contribution in [0.4, 0.5) is 0 Å². The first-order valence-electron chi connectivity index (χ1n) is 7.82. The summed E-state index contributed by atoms with van der Waals surface area (Å²) < 4.78 is 17.0. The van der Waals surface area contributed by atoms with Gasteiger partial charge in [-0.2, -0.15) is 0 Å². The van der Waals surface area contributed by atoms with E-state index in [1.165, 1.54) is 0 Å². The number of carbonyl (C=O) groups is 1. The standard InChI is InChI=1S/C17H18ClNO4/c1-21-14-5-3-12-16(14)22-7-6-19(12)17(20)15-9-10-8-11(18)2-4-13(10)23-15/h2,4,8-9,12,14,16H,3,5-7H2,1H3/t12-,14-,16+/m1/s1. The number of hydrogen-bond acceptors (Lipinski definition) is 4. The van der Waals surface area contributed by atoms with Crippen LogP contribution in [0.3, 0.4) is 0 Å². The number of rotatable bonds is 2. The average Bonchev–Trinajstić information content (AvgIpc) is 3.16. The van der Waals surface area contributed by atoms with Crippen molar-refractivity contribution < 1.29 is 18.7 Å². The van der Waals surface area contributed by atoms with E-state index in [9.17, 15) is 4.79 Å². The Hall–Kier alpha value is -1.56. The summed E-state index contributed by atoms with van der Waals surface area (Å²) in [6, 6.07) is 7.16. The number of nitrogens with zero attached hydrogens (tertiary/aromatic N) is 1. The quantitative estimate of drug-likeness (QED) is 0.846. The maximum atomic E-state index is 12.9. The second kappa shape index (κ2) is 5.82. The van der Waals surface area contributed by atoms with Crippen molar-refractivity contribution in [2.24, 2.45) is 0 Å². The molecular weight excluding hydrogens is 318 g/mol. The van der Waals surface area contributed by atoms with Crippen LogP contribution in [0.15, 0.2) is 28.7 Å². The highest BCUT2D eigenvalue weighted by molar-refractivity contribution is 6.31. The zero-order chi connectivity index (χ0) is 16.0. The van der Waals surface area contributed by atoms with Crippen molar-refractivity contribution in [3.63, 3.8) is 0 Å². The molecule has 2 fully saturated rings. The molecule has 3 atom stereocenters. The van der Waals surface area contributed by atoms with Gasteiger partial charge in [0.2, 0.25) is 0 Å². The van der Waals surface area contributed by atoms with E-state index in [0.29, 0.717) is 29.5 Å². The number of methoxy groups -OCH3 is 1. The molecule has 0 N–H and O–H groups in total. The van der Waals surface area contributed by atoms with Gasteiger partial charge in [0, 0.05) is 24.1 Å². The van der Waals surface area contributed by atoms with Gasteiger partial charge in [-0.25, -0.2) is 0 Å². The molecule has 5 nitrogen and oxygen atoms in total. The third-order valence-corrected chi connectivity index (χ3v) is 5.02. The lowest BCUT2D eigenvalue weighted by atomic mass is 10.1. The van der Waals surface area contributed by atoms with E-state index in [-0.39, 0.29) is 24.2 Å². The van der Waals surface area contributed by atoms with Crippen molar-refractivity contribution in [3.05, 3.63) is 35.0 Å². The van der Waals surface area contributed by atoms with Crippen LogP contribution in [0.25, 0.3) is 11.0 Å². The van der Waals surface area contributed by atoms with E-state index in [1.807, 2.05) is 4.90 Å². The number of ether oxygens (including phenoxy) is 2. The van der Waals surface area contributed by atoms with Gasteiger partial charge in [0.15, 0.2) is 5.76 Å². The van der Waals surface area contributed by atoms with Crippen LogP contribution in [-0.2, 0) is 9.47 Å². The summed E-state index contributed by atoms with van der Waals surface area (Å²) in [6.45, 7) is 1.10. The average molecular weight is 336 g/mol. The first-order valence-corrected chi connectivity index (χ1v) is 8.19. The van der Waals surface area contributed by atoms with E-state index >= 15 is 0 Å². The van der Waals surface area contributed by atoms with E-state index in [2.05, 4.69) is 0 Å². The molecule has 2 aromatic rings. The molecule has 1 aliphatic carbocycles. The molecule has 1 saturated carbocycles. The van der Waals surface area contributed by atoms with Crippen molar-refractivity contribution in [1.82, 2.24) is 4.90 Å². The summed E-state index contributed by atoms with van der Waals surface area (Å²) in [4.78, 5) is 14.8. The zero-order valence-corrected chi connectivity index (χ0v) is 13.6. The maximum absolute atomic E-state index is 12.9. The summed E-state index contributed by atoms with van der Waals surface area (Å²) in [7, 11) is 1.69. The lowest BCUT2D eigenvalue weighted by molar-refractivity contribution is -0.0950. The number of morpholine rings is 1. The van der Waals surface area contributed by atoms with Gasteiger partial charge < -0.3 is 18.8 Å². The molecule has 2 heterocycles. The molecule has 1 aromatic heterocycles. The Labute approximate surface area is 139 Å². The number of furan rings is 1. The van der Waals surface area contributed by atoms with Crippen molar-refractivity contribution in [1.29, 1.82) is 0 Å². The van der Waals surface area contributed by atoms with Crippen molar-refractivity contribution in [2.45, 2.75) is 31.1 Å². The first-order chi connectivity index (χ1) is 11.2. The second-order valence-corrected chi connectivity index (χ2v) is 6.48. The van der Waals surface area contributed by atoms with Gasteiger partial charge in [0.1, 0.15) is 11.7 Å². The fraction of sp³-hybridized carbons (Fsp3) is 0.471. The Kier molecular flexibility index (Phi) is 3.79. The molecule has 1 amide bonds. The highest BCUT2D eigenvalue weighted by atomic mass is 35.5. The number of benzene rings is 1. The van der Waals surface area contributed by atoms with Crippen LogP contribution < -0.4 is 0 Å². The molecule has 1 aromatic carbocycles. The van der Waals surface area contributed by atoms with Gasteiger partial charge in [0.05, 0.1) is 18.8 Å². The minimum atomic E-state index is -0.0904. The Morgan fingerprint density at radius 1 is 1.35 bits per heavy atom. The molecule has 122 valence electrons. The predicted molar refractivity (Wildman–Crippen MR) is 85.8 cm³/mol. The van der Waals surface area contributed by atoms with Crippen molar-refractivity contribution in [2.75, 3.05) is 20.3 Å². The molecule has 0 unspecified atom stereocenters. The van der Waals surface area contributed by atoms with Gasteiger partial charge in [-0.15, -0.1) is 0 Å². The number of amides is 1. The highest BCUT2D eigenvalue weighted by Crippen LogP contribution is 2.33. The Bertz CT molecular complexity index is 743. The van der Waals surface area contributed by atoms with Crippen LogP contribution in [0.2, 0.25) is 5.02 Å². The number of carbonyl (C=O) groups excluding carboxylic acids is 1. The Balaban J connectivity index is 1.62. The minimum absolute atomic E-state index is 0.0449. The molecular formula is C17H18ClNO4. The summed E-state index contributed by atoms with van der Waals surface area (Å²) in [5.74, 6) is 0.260. The summed E-state index contributed by atoms with van der Waals surface area (Å²) in [5.41, 5.74) is 0.670. The molecule has 1 saturated heterocycles. The second-order valence-electron chi connectivity index (χ2n) is 6.05. The Morgan fingerprint density at radius 2 is 2.22 bits per heavy atom. The van der Waals surface area contributed by atoms with E-state index in [0.717, 1.165) is 18.2 Å². The third-order valence-electron chi connectivity index (χ3n) is 4.79. The topological polar surface area (TPSA) is 51.9 Å². The number of hydrogen-bond donors (Lipinski definition) is 0. The fourth-order valence-electron chi connectivity index (χ4n) is 3.68. The summed E-state index contributed by atoms with van der Waals surface area (Å²) >= 11 is 5.99. The van der Waals surface area contributed by atoms with E-state index in [1.54, 1.807) is 31.4 Å². The zero-order valence-electron chi connectivity index (χ0n) is 12.8. The SMILES string of the molecule is CO[C@@H]1CC[C@@H]2[C@@H]1OCCN2C(=O)c1cc2cc(Cl)ccc2o1. The van der Waals surface area contributed by atoms with Gasteiger partial charge in [-0.05, 0) is 37.1 Å². The largest absolute Gasteiger partial charge is 0.451 e. The van der Waals surface area contributed by atoms with Crippen LogP contribution in [0.1, 0.15) is 23.4 Å². The highest BCUT2D eigenvalue weighted by Gasteiger charge is 2.45. The van der Waals surface area contributed by atoms with E-state index in [4.69, 9.17) is 25.5 Å². The van der Waals surface area contributed by atoms with Gasteiger partial charge in [-0.1, -0.05) is 11.6 Å². The molecule has 0 spiro atoms. The molecule has 23 heavy (non-hydrogen) atoms. The molecule has 2 aliphatic rings. The van der Waals surface area contributed by atoms with Gasteiger partial charge in [0.25, 0.3) is 5.91 Å². The van der Waals surface area contributed by atoms with Crippen LogP contribution in [-0.4, -0.2) is 49.3 Å². The lowest BCUT2D eigenvalue weighted by Crippen LogP contribution is -2.53. The normalized spacial score (nSPS) is 27.4. The number of halogens is 1. The van der Waals surface area contributed by atoms with E-state index < -0.39 is 0 Å². The van der Waals surface area contributed by atoms with Crippen LogP contribution in [0, 0.1) is 0 Å². The van der Waals surface area contributed by atoms with Crippen LogP contribution in [0.5, 0.6) is 0 Å². The molecule has 1 aliphatic heterocycles. The lowest BCUT2D eigenvalue weighted by Gasteiger charge is -2.38. The van der Waals surface area contributed by atoms with Crippen molar-refractivity contribution >= 4 is 28.5 Å². The fourth-order valence-corrected chi connectivity index (χ4v) is 3.86. The summed E-state index contributed by atoms with van der Waals surface area (Å²) in [5, 5.41) is 1.47. The monoisotopic (exact) mass is 335 g/mol. The Morgan fingerprint density at radius 3 is 3.04 bits per heavy atom. The third kappa shape index (κ3) is 2.53. The van der Waals surface area contributed by atoms with Crippen molar-refractivity contribution in [3.8, 4) is 0 Å². The molecule has 4 rings (SSSR count). The van der Waals surface area contributed by atoms with Gasteiger partial charge >= 0.3 is 0 Å². The summed E-state index contributed by atoms with van der Waals surface area (Å²) in [6.07, 6.45) is 1.81. The molecule has 0 radical (unpaired) electrons. The number of fused-ring (bicyclic) bond motifs is 2. The minimum Gasteiger partial charge on any atom is -0.451 e. The predicted octanol–water partition coefficient (Wildman–Crippen LogP) is 3.10. The maximum Gasteiger partial charge on any atom is 0.290 e.